The summed E-state index contributed by atoms with van der Waals surface area (Å²) in [5.74, 6) is 1.41. The number of hydrogen-bond donors (Lipinski definition) is 2. The van der Waals surface area contributed by atoms with E-state index in [0.29, 0.717) is 49.2 Å². The molecule has 0 bridgehead atoms. The van der Waals surface area contributed by atoms with Crippen molar-refractivity contribution in [2.24, 2.45) is 13.0 Å². The number of fused-ring (bicyclic) bond motifs is 1. The Hall–Kier alpha value is -1.96. The number of benzene rings is 1. The highest BCUT2D eigenvalue weighted by Gasteiger charge is 2.34. The van der Waals surface area contributed by atoms with Crippen LogP contribution in [0.1, 0.15) is 17.0 Å². The lowest BCUT2D eigenvalue weighted by Gasteiger charge is -2.20. The number of carbonyl (C=O) groups is 1. The van der Waals surface area contributed by atoms with E-state index in [9.17, 15) is 4.79 Å². The number of halogens is 2. The summed E-state index contributed by atoms with van der Waals surface area (Å²) < 4.78 is 12.9. The van der Waals surface area contributed by atoms with Crippen LogP contribution in [0.15, 0.2) is 24.5 Å². The first kappa shape index (κ1) is 20.8. The van der Waals surface area contributed by atoms with Crippen LogP contribution in [0.5, 0.6) is 11.5 Å². The van der Waals surface area contributed by atoms with Gasteiger partial charge in [0, 0.05) is 38.8 Å². The maximum atomic E-state index is 12.7. The van der Waals surface area contributed by atoms with Gasteiger partial charge in [-0.15, -0.1) is 12.4 Å². The predicted molar refractivity (Wildman–Crippen MR) is 109 cm³/mol. The van der Waals surface area contributed by atoms with Gasteiger partial charge in [0.25, 0.3) is 0 Å². The van der Waals surface area contributed by atoms with Crippen LogP contribution < -0.4 is 20.1 Å². The van der Waals surface area contributed by atoms with Crippen LogP contribution in [-0.4, -0.2) is 48.5 Å². The van der Waals surface area contributed by atoms with Crippen molar-refractivity contribution in [3.05, 3.63) is 40.7 Å². The van der Waals surface area contributed by atoms with Crippen molar-refractivity contribution in [1.29, 1.82) is 0 Å². The molecule has 0 spiro atoms. The molecule has 2 aliphatic heterocycles. The Balaban J connectivity index is 0.00000225. The summed E-state index contributed by atoms with van der Waals surface area (Å²) in [6.45, 7) is 3.05. The molecule has 152 valence electrons. The van der Waals surface area contributed by atoms with Gasteiger partial charge in [-0.3, -0.25) is 9.48 Å². The van der Waals surface area contributed by atoms with Gasteiger partial charge in [-0.1, -0.05) is 11.6 Å². The number of ether oxygens (including phenoxy) is 2. The van der Waals surface area contributed by atoms with Crippen LogP contribution in [-0.2, 0) is 18.3 Å². The van der Waals surface area contributed by atoms with Gasteiger partial charge in [0.15, 0.2) is 11.5 Å². The van der Waals surface area contributed by atoms with Gasteiger partial charge >= 0.3 is 0 Å². The normalized spacial score (nSPS) is 20.5. The summed E-state index contributed by atoms with van der Waals surface area (Å²) in [7, 11) is 1.89. The summed E-state index contributed by atoms with van der Waals surface area (Å²) in [6.07, 6.45) is 4.50. The second kappa shape index (κ2) is 9.03. The number of aromatic nitrogens is 2. The Morgan fingerprint density at radius 2 is 2.18 bits per heavy atom. The fraction of sp³-hybridized carbons (Fsp3) is 0.474. The quantitative estimate of drug-likeness (QED) is 0.763. The molecule has 1 aromatic carbocycles. The van der Waals surface area contributed by atoms with E-state index in [4.69, 9.17) is 21.1 Å². The van der Waals surface area contributed by atoms with Gasteiger partial charge < -0.3 is 20.1 Å². The molecule has 0 saturated carbocycles. The highest BCUT2D eigenvalue weighted by Crippen LogP contribution is 2.38. The number of amides is 1. The number of nitrogens with zero attached hydrogens (tertiary/aromatic N) is 2. The van der Waals surface area contributed by atoms with E-state index < -0.39 is 0 Å². The molecular weight excluding hydrogens is 403 g/mol. The van der Waals surface area contributed by atoms with Crippen molar-refractivity contribution in [3.63, 3.8) is 0 Å². The van der Waals surface area contributed by atoms with Crippen molar-refractivity contribution in [2.45, 2.75) is 12.3 Å². The Labute approximate surface area is 175 Å². The number of hydrogen-bond acceptors (Lipinski definition) is 5. The van der Waals surface area contributed by atoms with Gasteiger partial charge in [-0.2, -0.15) is 5.10 Å². The van der Waals surface area contributed by atoms with E-state index >= 15 is 0 Å². The average molecular weight is 427 g/mol. The molecule has 3 heterocycles. The lowest BCUT2D eigenvalue weighted by molar-refractivity contribution is -0.124. The summed E-state index contributed by atoms with van der Waals surface area (Å²) >= 11 is 6.27. The molecule has 1 amide bonds. The molecule has 2 aliphatic rings. The van der Waals surface area contributed by atoms with Crippen molar-refractivity contribution >= 4 is 29.9 Å². The third-order valence-corrected chi connectivity index (χ3v) is 5.35. The van der Waals surface area contributed by atoms with E-state index in [1.165, 1.54) is 0 Å². The van der Waals surface area contributed by atoms with E-state index in [1.807, 2.05) is 31.6 Å². The van der Waals surface area contributed by atoms with E-state index in [0.717, 1.165) is 17.7 Å². The highest BCUT2D eigenvalue weighted by atomic mass is 35.5. The molecular formula is C19H24Cl2N4O3. The average Bonchev–Trinajstić information content (AvgIpc) is 3.30. The molecule has 28 heavy (non-hydrogen) atoms. The Morgan fingerprint density at radius 3 is 2.96 bits per heavy atom. The molecule has 2 aromatic rings. The second-order valence-electron chi connectivity index (χ2n) is 6.96. The molecule has 4 rings (SSSR count). The van der Waals surface area contributed by atoms with Gasteiger partial charge in [0.05, 0.1) is 17.1 Å². The number of carbonyl (C=O) groups excluding carboxylic acids is 1. The molecule has 1 fully saturated rings. The van der Waals surface area contributed by atoms with Crippen molar-refractivity contribution < 1.29 is 14.3 Å². The molecule has 0 radical (unpaired) electrons. The smallest absolute Gasteiger partial charge is 0.225 e. The van der Waals surface area contributed by atoms with Crippen LogP contribution in [0.25, 0.3) is 0 Å². The lowest BCUT2D eigenvalue weighted by atomic mass is 9.90. The maximum absolute atomic E-state index is 12.7. The number of rotatable bonds is 5. The third-order valence-electron chi connectivity index (χ3n) is 5.07. The minimum absolute atomic E-state index is 0. The summed E-state index contributed by atoms with van der Waals surface area (Å²) in [6, 6.07) is 3.80. The zero-order valence-electron chi connectivity index (χ0n) is 15.6. The molecule has 0 aliphatic carbocycles. The number of nitrogens with one attached hydrogen (secondary N) is 2. The zero-order valence-corrected chi connectivity index (χ0v) is 17.2. The Bertz CT molecular complexity index is 843. The first-order valence-corrected chi connectivity index (χ1v) is 9.54. The first-order valence-electron chi connectivity index (χ1n) is 9.17. The van der Waals surface area contributed by atoms with Gasteiger partial charge in [0.1, 0.15) is 13.2 Å². The summed E-state index contributed by atoms with van der Waals surface area (Å²) in [5, 5.41) is 11.1. The monoisotopic (exact) mass is 426 g/mol. The predicted octanol–water partition coefficient (Wildman–Crippen LogP) is 1.93. The van der Waals surface area contributed by atoms with E-state index in [-0.39, 0.29) is 30.2 Å². The second-order valence-corrected chi connectivity index (χ2v) is 7.37. The third kappa shape index (κ3) is 4.37. The van der Waals surface area contributed by atoms with Crippen molar-refractivity contribution in [2.75, 3.05) is 32.8 Å². The lowest BCUT2D eigenvalue weighted by Crippen LogP contribution is -2.35. The fourth-order valence-electron chi connectivity index (χ4n) is 3.71. The first-order chi connectivity index (χ1) is 13.1. The van der Waals surface area contributed by atoms with E-state index in [1.54, 1.807) is 4.68 Å². The zero-order chi connectivity index (χ0) is 18.8. The molecule has 1 aromatic heterocycles. The van der Waals surface area contributed by atoms with Crippen molar-refractivity contribution in [3.8, 4) is 11.5 Å². The van der Waals surface area contributed by atoms with Crippen molar-refractivity contribution in [1.82, 2.24) is 20.4 Å². The topological polar surface area (TPSA) is 77.4 Å². The fourth-order valence-corrected chi connectivity index (χ4v) is 3.99. The van der Waals surface area contributed by atoms with Crippen LogP contribution in [0.2, 0.25) is 5.02 Å². The number of aryl methyl sites for hydroxylation is 1. The van der Waals surface area contributed by atoms with Crippen LogP contribution in [0, 0.1) is 5.92 Å². The van der Waals surface area contributed by atoms with Crippen LogP contribution >= 0.6 is 24.0 Å². The van der Waals surface area contributed by atoms with Gasteiger partial charge in [-0.05, 0) is 29.7 Å². The van der Waals surface area contributed by atoms with E-state index in [2.05, 4.69) is 15.7 Å². The molecule has 7 nitrogen and oxygen atoms in total. The largest absolute Gasteiger partial charge is 0.486 e. The summed E-state index contributed by atoms with van der Waals surface area (Å²) in [5.41, 5.74) is 2.11. The van der Waals surface area contributed by atoms with Crippen LogP contribution in [0.3, 0.4) is 0 Å². The summed E-state index contributed by atoms with van der Waals surface area (Å²) in [4.78, 5) is 12.7. The molecule has 2 atom stereocenters. The SMILES string of the molecule is Cl.Cn1cc([C@H]2CNC[C@@H]2C(=O)NCCc2cc(Cl)c3c(c2)OCCO3)cn1. The van der Waals surface area contributed by atoms with Gasteiger partial charge in [0.2, 0.25) is 5.91 Å². The Kier molecular flexibility index (Phi) is 6.69. The Morgan fingerprint density at radius 1 is 1.36 bits per heavy atom. The van der Waals surface area contributed by atoms with Gasteiger partial charge in [-0.25, -0.2) is 0 Å². The molecule has 1 saturated heterocycles. The van der Waals surface area contributed by atoms with Crippen LogP contribution in [0.4, 0.5) is 0 Å². The minimum atomic E-state index is -0.0851. The molecule has 2 N–H and O–H groups in total. The minimum Gasteiger partial charge on any atom is -0.486 e. The standard InChI is InChI=1S/C19H23ClN4O3.ClH/c1-24-11-13(8-23-24)14-9-21-10-15(14)19(25)22-3-2-12-6-16(20)18-17(7-12)26-4-5-27-18;/h6-8,11,14-15,21H,2-5,9-10H2,1H3,(H,22,25);1H/t14-,15+;/m1./s1. The maximum Gasteiger partial charge on any atom is 0.225 e. The highest BCUT2D eigenvalue weighted by molar-refractivity contribution is 6.32. The molecule has 9 heteroatoms. The molecule has 0 unspecified atom stereocenters.